The zero-order chi connectivity index (χ0) is 21.0. The summed E-state index contributed by atoms with van der Waals surface area (Å²) in [7, 11) is 0. The van der Waals surface area contributed by atoms with Crippen molar-refractivity contribution in [2.75, 3.05) is 6.61 Å². The zero-order valence-corrected chi connectivity index (χ0v) is 18.1. The molecule has 0 N–H and O–H groups in total. The van der Waals surface area contributed by atoms with Gasteiger partial charge in [0.05, 0.1) is 6.61 Å². The Bertz CT molecular complexity index is 849. The van der Waals surface area contributed by atoms with Crippen LogP contribution in [0.4, 0.5) is 0 Å². The minimum Gasteiger partial charge on any atom is -0.361 e. The van der Waals surface area contributed by atoms with E-state index >= 15 is 0 Å². The normalized spacial score (nSPS) is 20.8. The highest BCUT2D eigenvalue weighted by Crippen LogP contribution is 2.61. The molecule has 154 valence electrons. The average Bonchev–Trinajstić information content (AvgIpc) is 3.51. The lowest BCUT2D eigenvalue weighted by atomic mass is 9.80. The van der Waals surface area contributed by atoms with Gasteiger partial charge < -0.3 is 4.74 Å². The Kier molecular flexibility index (Phi) is 5.92. The third kappa shape index (κ3) is 3.63. The van der Waals surface area contributed by atoms with Crippen molar-refractivity contribution in [1.29, 1.82) is 0 Å². The van der Waals surface area contributed by atoms with Gasteiger partial charge in [0.25, 0.3) is 0 Å². The number of allylic oxidation sites excluding steroid dienone is 1. The number of rotatable bonds is 9. The summed E-state index contributed by atoms with van der Waals surface area (Å²) in [5, 5.41) is 0. The first-order chi connectivity index (χ1) is 14.6. The number of ether oxygens (including phenoxy) is 1. The van der Waals surface area contributed by atoms with Gasteiger partial charge in [-0.1, -0.05) is 111 Å². The molecule has 1 saturated carbocycles. The molecule has 0 aliphatic heterocycles. The van der Waals surface area contributed by atoms with Crippen molar-refractivity contribution in [2.24, 2.45) is 17.3 Å². The highest BCUT2D eigenvalue weighted by molar-refractivity contribution is 5.47. The van der Waals surface area contributed by atoms with Crippen molar-refractivity contribution < 1.29 is 4.74 Å². The molecule has 1 fully saturated rings. The monoisotopic (exact) mass is 396 g/mol. The van der Waals surface area contributed by atoms with Gasteiger partial charge in [-0.3, -0.25) is 0 Å². The van der Waals surface area contributed by atoms with E-state index in [1.54, 1.807) is 0 Å². The summed E-state index contributed by atoms with van der Waals surface area (Å²) in [6, 6.07) is 31.9. The Morgan fingerprint density at radius 3 is 1.67 bits per heavy atom. The SMILES string of the molecule is C=CC[C@@]1(C(C)C)C[C@H]1COC(c1ccccc1)(c1ccccc1)c1ccccc1. The largest absolute Gasteiger partial charge is 0.361 e. The smallest absolute Gasteiger partial charge is 0.143 e. The van der Waals surface area contributed by atoms with Crippen molar-refractivity contribution in [3.63, 3.8) is 0 Å². The molecule has 30 heavy (non-hydrogen) atoms. The Morgan fingerprint density at radius 2 is 1.30 bits per heavy atom. The molecule has 1 nitrogen and oxygen atoms in total. The third-order valence-corrected chi connectivity index (χ3v) is 7.00. The van der Waals surface area contributed by atoms with Gasteiger partial charge in [0.1, 0.15) is 5.60 Å². The first-order valence-corrected chi connectivity index (χ1v) is 11.0. The summed E-state index contributed by atoms with van der Waals surface area (Å²) in [5.74, 6) is 1.19. The van der Waals surface area contributed by atoms with E-state index in [1.165, 1.54) is 23.1 Å². The zero-order valence-electron chi connectivity index (χ0n) is 18.1. The van der Waals surface area contributed by atoms with E-state index in [0.29, 0.717) is 17.3 Å². The molecule has 3 aromatic rings. The van der Waals surface area contributed by atoms with E-state index in [1.807, 2.05) is 0 Å². The second-order valence-corrected chi connectivity index (χ2v) is 8.87. The first-order valence-electron chi connectivity index (χ1n) is 11.0. The van der Waals surface area contributed by atoms with Crippen LogP contribution in [0.5, 0.6) is 0 Å². The first kappa shape index (κ1) is 20.6. The predicted octanol–water partition coefficient (Wildman–Crippen LogP) is 7.23. The highest BCUT2D eigenvalue weighted by atomic mass is 16.5. The fourth-order valence-corrected chi connectivity index (χ4v) is 5.08. The molecule has 0 amide bonds. The standard InChI is InChI=1S/C29H32O/c1-4-20-28(23(2)3)21-27(28)22-30-29(24-14-8-5-9-15-24,25-16-10-6-11-17-25)26-18-12-7-13-19-26/h4-19,23,27H,1,20-22H2,2-3H3/t27-,28-/m0/s1. The van der Waals surface area contributed by atoms with Crippen LogP contribution in [0.2, 0.25) is 0 Å². The van der Waals surface area contributed by atoms with E-state index in [9.17, 15) is 0 Å². The van der Waals surface area contributed by atoms with E-state index in [2.05, 4.69) is 117 Å². The second-order valence-electron chi connectivity index (χ2n) is 8.87. The fourth-order valence-electron chi connectivity index (χ4n) is 5.08. The Balaban J connectivity index is 1.77. The molecule has 0 aromatic heterocycles. The summed E-state index contributed by atoms with van der Waals surface area (Å²) in [4.78, 5) is 0. The highest BCUT2D eigenvalue weighted by Gasteiger charge is 2.55. The van der Waals surface area contributed by atoms with E-state index in [4.69, 9.17) is 4.74 Å². The molecular weight excluding hydrogens is 364 g/mol. The number of hydrogen-bond donors (Lipinski definition) is 0. The molecular formula is C29H32O. The van der Waals surface area contributed by atoms with Crippen molar-refractivity contribution in [1.82, 2.24) is 0 Å². The molecule has 0 spiro atoms. The maximum Gasteiger partial charge on any atom is 0.143 e. The van der Waals surface area contributed by atoms with E-state index < -0.39 is 5.60 Å². The maximum atomic E-state index is 7.03. The van der Waals surface area contributed by atoms with Gasteiger partial charge in [0, 0.05) is 0 Å². The molecule has 0 radical (unpaired) electrons. The van der Waals surface area contributed by atoms with Crippen LogP contribution in [0.25, 0.3) is 0 Å². The summed E-state index contributed by atoms with van der Waals surface area (Å²) in [6.45, 7) is 9.43. The molecule has 0 heterocycles. The lowest BCUT2D eigenvalue weighted by molar-refractivity contribution is -0.00109. The molecule has 0 unspecified atom stereocenters. The molecule has 0 bridgehead atoms. The van der Waals surface area contributed by atoms with Gasteiger partial charge in [-0.05, 0) is 46.8 Å². The molecule has 1 aliphatic rings. The van der Waals surface area contributed by atoms with Crippen LogP contribution in [0, 0.1) is 17.3 Å². The maximum absolute atomic E-state index is 7.03. The molecule has 1 heteroatoms. The van der Waals surface area contributed by atoms with Crippen LogP contribution in [0.1, 0.15) is 43.4 Å². The Labute approximate surface area is 181 Å². The Morgan fingerprint density at radius 1 is 0.867 bits per heavy atom. The summed E-state index contributed by atoms with van der Waals surface area (Å²) in [6.07, 6.45) is 4.36. The molecule has 3 aromatic carbocycles. The van der Waals surface area contributed by atoms with Crippen LogP contribution < -0.4 is 0 Å². The van der Waals surface area contributed by atoms with Crippen molar-refractivity contribution in [3.05, 3.63) is 120 Å². The third-order valence-electron chi connectivity index (χ3n) is 7.00. The summed E-state index contributed by atoms with van der Waals surface area (Å²) in [5.41, 5.74) is 3.21. The molecule has 0 saturated heterocycles. The van der Waals surface area contributed by atoms with Crippen molar-refractivity contribution >= 4 is 0 Å². The summed E-state index contributed by atoms with van der Waals surface area (Å²) < 4.78 is 7.03. The molecule has 1 aliphatic carbocycles. The minimum absolute atomic E-state index is 0.331. The van der Waals surface area contributed by atoms with E-state index in [-0.39, 0.29) is 0 Å². The van der Waals surface area contributed by atoms with Gasteiger partial charge in [0.15, 0.2) is 0 Å². The van der Waals surface area contributed by atoms with Gasteiger partial charge in [-0.15, -0.1) is 6.58 Å². The number of benzene rings is 3. The second kappa shape index (κ2) is 8.62. The van der Waals surface area contributed by atoms with E-state index in [0.717, 1.165) is 13.0 Å². The fraction of sp³-hybridized carbons (Fsp3) is 0.310. The van der Waals surface area contributed by atoms with Gasteiger partial charge in [0.2, 0.25) is 0 Å². The van der Waals surface area contributed by atoms with Crippen LogP contribution in [0.3, 0.4) is 0 Å². The quantitative estimate of drug-likeness (QED) is 0.274. The average molecular weight is 397 g/mol. The minimum atomic E-state index is -0.622. The van der Waals surface area contributed by atoms with Gasteiger partial charge in [-0.2, -0.15) is 0 Å². The number of hydrogen-bond acceptors (Lipinski definition) is 1. The van der Waals surface area contributed by atoms with Gasteiger partial charge >= 0.3 is 0 Å². The Hall–Kier alpha value is -2.64. The molecule has 4 rings (SSSR count). The predicted molar refractivity (Wildman–Crippen MR) is 125 cm³/mol. The van der Waals surface area contributed by atoms with Crippen LogP contribution >= 0.6 is 0 Å². The van der Waals surface area contributed by atoms with Crippen LogP contribution in [0.15, 0.2) is 104 Å². The topological polar surface area (TPSA) is 9.23 Å². The summed E-state index contributed by atoms with van der Waals surface area (Å²) >= 11 is 0. The molecule has 2 atom stereocenters. The van der Waals surface area contributed by atoms with Crippen molar-refractivity contribution in [3.8, 4) is 0 Å². The lowest BCUT2D eigenvalue weighted by Crippen LogP contribution is -2.34. The lowest BCUT2D eigenvalue weighted by Gasteiger charge is -2.36. The van der Waals surface area contributed by atoms with Gasteiger partial charge in [-0.25, -0.2) is 0 Å². The van der Waals surface area contributed by atoms with Crippen LogP contribution in [-0.4, -0.2) is 6.61 Å². The van der Waals surface area contributed by atoms with Crippen molar-refractivity contribution in [2.45, 2.75) is 32.3 Å². The van der Waals surface area contributed by atoms with Crippen LogP contribution in [-0.2, 0) is 10.3 Å².